The molecule has 0 aliphatic rings. The molecule has 16 rings (SSSR count). The van der Waals surface area contributed by atoms with Crippen molar-refractivity contribution in [3.05, 3.63) is 385 Å². The Morgan fingerprint density at radius 1 is 0.322 bits per heavy atom. The highest BCUT2D eigenvalue weighted by molar-refractivity contribution is 5.82. The molecule has 0 aliphatic carbocycles. The van der Waals surface area contributed by atoms with E-state index in [1.165, 1.54) is 11.1 Å². The number of aromatic nitrogens is 8. The van der Waals surface area contributed by atoms with Crippen LogP contribution in [0.4, 0.5) is 26.3 Å². The molecule has 0 saturated heterocycles. The number of alkyl halides is 6. The van der Waals surface area contributed by atoms with E-state index in [1.807, 2.05) is 308 Å². The summed E-state index contributed by atoms with van der Waals surface area (Å²) in [6.45, 7) is 15.8. The molecule has 8 aromatic carbocycles. The van der Waals surface area contributed by atoms with Crippen molar-refractivity contribution in [2.24, 2.45) is 27.4 Å². The molecule has 15 nitrogen and oxygen atoms in total. The van der Waals surface area contributed by atoms with Gasteiger partial charge in [-0.05, 0) is 130 Å². The molecule has 16 aromatic rings. The number of nitrogens with one attached hydrogen (secondary N) is 2. The Morgan fingerprint density at radius 3 is 0.760 bits per heavy atom. The summed E-state index contributed by atoms with van der Waals surface area (Å²) in [5, 5.41) is 14.0. The normalized spacial score (nSPS) is 13.0. The quantitative estimate of drug-likeness (QED) is 0.0478. The van der Waals surface area contributed by atoms with Gasteiger partial charge in [-0.1, -0.05) is 284 Å². The van der Waals surface area contributed by atoms with E-state index >= 15 is 0 Å². The molecule has 0 spiro atoms. The summed E-state index contributed by atoms with van der Waals surface area (Å²) < 4.78 is 84.8. The maximum atomic E-state index is 12.8. The third kappa shape index (κ3) is 19.6. The maximum Gasteiger partial charge on any atom is 0.471 e. The zero-order chi connectivity index (χ0) is 85.9. The van der Waals surface area contributed by atoms with Crippen molar-refractivity contribution in [3.8, 4) is 45.6 Å². The number of fused-ring (bicyclic) bond motifs is 4. The Bertz CT molecular complexity index is 5960. The fraction of sp³-hybridized carbons (Fsp3) is 0.210. The van der Waals surface area contributed by atoms with Crippen LogP contribution in [0.5, 0.6) is 0 Å². The lowest BCUT2D eigenvalue weighted by Crippen LogP contribution is -2.43. The van der Waals surface area contributed by atoms with E-state index in [0.29, 0.717) is 6.54 Å². The number of carboxylic acids is 1. The second-order valence-electron chi connectivity index (χ2n) is 32.7. The number of hydrogen-bond acceptors (Lipinski definition) is 8. The summed E-state index contributed by atoms with van der Waals surface area (Å²) in [5.41, 5.74) is 19.9. The van der Waals surface area contributed by atoms with Gasteiger partial charge in [0.1, 0.15) is 23.3 Å². The number of hydrogen-bond donors (Lipinski definition) is 4. The molecule has 0 bridgehead atoms. The Labute approximate surface area is 699 Å². The highest BCUT2D eigenvalue weighted by Gasteiger charge is 2.44. The molecule has 8 heterocycles. The number of amides is 2. The lowest BCUT2D eigenvalue weighted by molar-refractivity contribution is -0.174. The summed E-state index contributed by atoms with van der Waals surface area (Å²) in [6, 6.07) is 96.1. The van der Waals surface area contributed by atoms with Crippen molar-refractivity contribution in [2.75, 3.05) is 19.6 Å². The summed E-state index contributed by atoms with van der Waals surface area (Å²) in [4.78, 5) is 53.4. The van der Waals surface area contributed by atoms with E-state index in [2.05, 4.69) is 110 Å². The van der Waals surface area contributed by atoms with Gasteiger partial charge < -0.3 is 21.5 Å². The molecule has 121 heavy (non-hydrogen) atoms. The molecule has 4 unspecified atom stereocenters. The number of rotatable bonds is 22. The first-order valence-electron chi connectivity index (χ1n) is 39.8. The molecule has 616 valence electrons. The second kappa shape index (κ2) is 36.4. The first-order valence-corrected chi connectivity index (χ1v) is 39.8. The van der Waals surface area contributed by atoms with E-state index in [4.69, 9.17) is 5.73 Å². The van der Waals surface area contributed by atoms with Gasteiger partial charge in [-0.15, -0.1) is 0 Å². The molecule has 4 atom stereocenters. The molecule has 0 saturated carbocycles. The van der Waals surface area contributed by atoms with Gasteiger partial charge in [0.2, 0.25) is 0 Å². The maximum absolute atomic E-state index is 12.8. The Kier molecular flexibility index (Phi) is 25.7. The van der Waals surface area contributed by atoms with Crippen LogP contribution in [-0.2, 0) is 14.4 Å². The smallest absolute Gasteiger partial charge is 0.471 e. The minimum atomic E-state index is -4.91. The van der Waals surface area contributed by atoms with E-state index in [0.717, 1.165) is 101 Å². The van der Waals surface area contributed by atoms with Crippen molar-refractivity contribution in [3.63, 3.8) is 0 Å². The first kappa shape index (κ1) is 85.4. The molecule has 5 N–H and O–H groups in total. The predicted octanol–water partition coefficient (Wildman–Crippen LogP) is 22.0. The number of carbonyl (C=O) groups excluding carboxylic acids is 2. The molecule has 21 heteroatoms. The monoisotopic (exact) mass is 1630 g/mol. The van der Waals surface area contributed by atoms with Gasteiger partial charge >= 0.3 is 30.1 Å². The van der Waals surface area contributed by atoms with Crippen LogP contribution in [0.1, 0.15) is 124 Å². The van der Waals surface area contributed by atoms with Crippen LogP contribution in [-0.4, -0.2) is 92.4 Å². The number of nitrogens with zero attached hydrogens (tertiary/aromatic N) is 8. The molecule has 2 amide bonds. The number of nitrogens with two attached hydrogens (primary N) is 1. The highest BCUT2D eigenvalue weighted by atomic mass is 19.4. The first-order chi connectivity index (χ1) is 57.9. The Hall–Kier alpha value is -13.5. The summed E-state index contributed by atoms with van der Waals surface area (Å²) in [6.07, 6.45) is 5.49. The minimum Gasteiger partial charge on any atom is -0.481 e. The van der Waals surface area contributed by atoms with E-state index < -0.39 is 46.4 Å². The average molecular weight is 1630 g/mol. The van der Waals surface area contributed by atoms with Crippen molar-refractivity contribution < 1.29 is 45.8 Å². The largest absolute Gasteiger partial charge is 0.481 e. The van der Waals surface area contributed by atoms with Crippen molar-refractivity contribution in [2.45, 2.75) is 91.4 Å². The lowest BCUT2D eigenvalue weighted by Gasteiger charge is -2.35. The van der Waals surface area contributed by atoms with Gasteiger partial charge in [-0.3, -0.25) is 32.0 Å². The van der Waals surface area contributed by atoms with E-state index in [1.54, 1.807) is 26.2 Å². The fourth-order valence-corrected chi connectivity index (χ4v) is 16.1. The van der Waals surface area contributed by atoms with Crippen LogP contribution in [0.15, 0.2) is 341 Å². The van der Waals surface area contributed by atoms with Gasteiger partial charge in [0.05, 0.1) is 52.3 Å². The molecular formula is C100H95F6N11O4. The van der Waals surface area contributed by atoms with Gasteiger partial charge in [0.15, 0.2) is 0 Å². The molecule has 0 aliphatic heterocycles. The Morgan fingerprint density at radius 2 is 0.537 bits per heavy atom. The van der Waals surface area contributed by atoms with Crippen molar-refractivity contribution in [1.82, 2.24) is 48.2 Å². The lowest BCUT2D eigenvalue weighted by atomic mass is 9.71. The van der Waals surface area contributed by atoms with E-state index in [-0.39, 0.29) is 42.2 Å². The van der Waals surface area contributed by atoms with Gasteiger partial charge in [0.25, 0.3) is 0 Å². The number of carbonyl (C=O) groups is 3. The predicted molar refractivity (Wildman–Crippen MR) is 466 cm³/mol. The van der Waals surface area contributed by atoms with Crippen molar-refractivity contribution in [1.29, 1.82) is 0 Å². The highest BCUT2D eigenvalue weighted by Crippen LogP contribution is 2.46. The fourth-order valence-electron chi connectivity index (χ4n) is 16.1. The number of benzene rings is 8. The summed E-state index contributed by atoms with van der Waals surface area (Å²) >= 11 is 0. The summed E-state index contributed by atoms with van der Waals surface area (Å²) in [5.74, 6) is -1.78. The zero-order valence-electron chi connectivity index (χ0n) is 68.4. The van der Waals surface area contributed by atoms with Gasteiger partial charge in [-0.25, -0.2) is 19.9 Å². The van der Waals surface area contributed by atoms with Gasteiger partial charge in [-0.2, -0.15) is 26.3 Å². The molecule has 0 radical (unpaired) electrons. The van der Waals surface area contributed by atoms with Crippen molar-refractivity contribution >= 4 is 39.9 Å². The van der Waals surface area contributed by atoms with Crippen LogP contribution in [0.3, 0.4) is 0 Å². The summed E-state index contributed by atoms with van der Waals surface area (Å²) in [7, 11) is 0. The van der Waals surface area contributed by atoms with E-state index in [9.17, 15) is 45.8 Å². The molecule has 0 fully saturated rings. The number of pyridine rings is 4. The number of imidazole rings is 4. The average Bonchev–Trinajstić information content (AvgIpc) is 1.71. The number of halogens is 6. The zero-order valence-corrected chi connectivity index (χ0v) is 68.4. The topological polar surface area (TPSA) is 191 Å². The minimum absolute atomic E-state index is 0.0536. The van der Waals surface area contributed by atoms with Crippen LogP contribution in [0.2, 0.25) is 0 Å². The van der Waals surface area contributed by atoms with Crippen LogP contribution >= 0.6 is 0 Å². The third-order valence-electron chi connectivity index (χ3n) is 22.3. The van der Waals surface area contributed by atoms with Crippen LogP contribution in [0.25, 0.3) is 67.6 Å². The SMILES string of the molecule is CC(C)(C(=O)O)C(c1ccccc1)c1ccn2c(-c3ccccc3)ncc2c1.CC(C)(CN)C(c1ccccc1)c1ccn2c(-c3ccccc3)ncc2c1.CC(C)(CNC(=O)C(F)(F)F)C(c1ccccc1)c1ccn2c(-c3ccccc3)ncc2c1.CC(C)(CNC(=O)C(F)(F)F)C(c1ccccc1)c1ccn2c(-c3ccccc3)ncc2c1. The number of aliphatic carboxylic acids is 1. The standard InChI is InChI=1S/2C26H24F3N3O.C24H25N3.C24H22N2O2/c2*1-25(2,17-31-24(33)26(27,28)29)22(18-9-5-3-6-10-18)20-13-14-32-21(15-20)16-30-23(32)19-11-7-4-8-12-19;1-24(2,17-25)22(18-9-5-3-6-10-18)20-13-14-27-21(15-20)16-26-23(27)19-11-7-4-8-12-19;1-24(2,23(27)28)21(17-9-5-3-6-10-17)19-13-14-26-20(15-19)16-25-22(26)18-11-7-4-8-12-18/h2*3-16,22H,17H2,1-2H3,(H,31,33);3-16,22H,17,25H2,1-2H3;3-16,21H,1-2H3,(H,27,28). The van der Waals surface area contributed by atoms with Crippen LogP contribution < -0.4 is 16.4 Å². The number of carboxylic acid groups (broad SMARTS) is 1. The van der Waals surface area contributed by atoms with Crippen LogP contribution in [0, 0.1) is 21.7 Å². The Balaban J connectivity index is 0.000000140. The molecular weight excluding hydrogens is 1530 g/mol. The second-order valence-corrected chi connectivity index (χ2v) is 32.7. The molecule has 8 aromatic heterocycles. The van der Waals surface area contributed by atoms with Gasteiger partial charge in [0, 0.05) is 83.8 Å². The third-order valence-corrected chi connectivity index (χ3v) is 22.3.